The van der Waals surface area contributed by atoms with E-state index in [1.165, 1.54) is 6.20 Å². The summed E-state index contributed by atoms with van der Waals surface area (Å²) in [5.41, 5.74) is 3.03. The molecule has 0 bridgehead atoms. The Labute approximate surface area is 165 Å². The van der Waals surface area contributed by atoms with E-state index >= 15 is 0 Å². The molecule has 26 heavy (non-hydrogen) atoms. The largest absolute Gasteiger partial charge is 0.392 e. The molecule has 0 aliphatic carbocycles. The van der Waals surface area contributed by atoms with Crippen LogP contribution in [0.5, 0.6) is 0 Å². The summed E-state index contributed by atoms with van der Waals surface area (Å²) in [5, 5.41) is 29.0. The minimum Gasteiger partial charge on any atom is -0.392 e. The number of ketones is 1. The number of aliphatic hydroxyl groups excluding tert-OH is 3. The molecule has 0 aliphatic heterocycles. The zero-order valence-electron chi connectivity index (χ0n) is 13.4. The van der Waals surface area contributed by atoms with Crippen LogP contribution in [-0.4, -0.2) is 36.1 Å². The molecular weight excluding hydrogens is 470 g/mol. The summed E-state index contributed by atoms with van der Waals surface area (Å²) in [6.07, 6.45) is 3.05. The van der Waals surface area contributed by atoms with Crippen LogP contribution in [-0.2, 0) is 19.8 Å². The maximum Gasteiger partial charge on any atom is 0.245 e. The summed E-state index contributed by atoms with van der Waals surface area (Å²) in [4.78, 5) is 22.3. The molecule has 3 rings (SSSR count). The molecule has 0 spiro atoms. The van der Waals surface area contributed by atoms with Gasteiger partial charge in [-0.25, -0.2) is 4.98 Å². The Morgan fingerprint density at radius 2 is 1.81 bits per heavy atom. The lowest BCUT2D eigenvalue weighted by molar-refractivity contribution is 0.102. The first-order chi connectivity index (χ1) is 12.5. The summed E-state index contributed by atoms with van der Waals surface area (Å²) in [7, 11) is 0. The van der Waals surface area contributed by atoms with Gasteiger partial charge in [-0.15, -0.1) is 0 Å². The number of nitrogens with zero attached hydrogens (tertiary/aromatic N) is 1. The number of benzene rings is 1. The molecule has 0 fully saturated rings. The average Bonchev–Trinajstić information content (AvgIpc) is 3.28. The van der Waals surface area contributed by atoms with Gasteiger partial charge in [-0.3, -0.25) is 4.79 Å². The zero-order valence-corrected chi connectivity index (χ0v) is 16.6. The van der Waals surface area contributed by atoms with Gasteiger partial charge in [0.25, 0.3) is 0 Å². The maximum atomic E-state index is 12.6. The number of aromatic amines is 2. The Hall–Kier alpha value is -1.78. The molecule has 9 heteroatoms. The number of aliphatic hydroxyl groups is 3. The second kappa shape index (κ2) is 7.85. The molecular formula is C17H15Br2N3O4. The summed E-state index contributed by atoms with van der Waals surface area (Å²) in [6, 6.07) is 3.41. The number of nitrogens with one attached hydrogen (secondary N) is 2. The van der Waals surface area contributed by atoms with Gasteiger partial charge >= 0.3 is 0 Å². The van der Waals surface area contributed by atoms with Crippen molar-refractivity contribution in [1.82, 2.24) is 15.0 Å². The number of H-pyrrole nitrogens is 2. The van der Waals surface area contributed by atoms with Gasteiger partial charge in [0.15, 0.2) is 5.82 Å². The Kier molecular flexibility index (Phi) is 5.73. The summed E-state index contributed by atoms with van der Waals surface area (Å²) in [6.45, 7) is -0.900. The van der Waals surface area contributed by atoms with Gasteiger partial charge in [-0.1, -0.05) is 12.1 Å². The first-order valence-electron chi connectivity index (χ1n) is 7.61. The van der Waals surface area contributed by atoms with E-state index in [0.29, 0.717) is 42.6 Å². The minimum absolute atomic E-state index is 0.194. The normalized spacial score (nSPS) is 11.1. The second-order valence-corrected chi connectivity index (χ2v) is 7.06. The third kappa shape index (κ3) is 3.17. The highest BCUT2D eigenvalue weighted by atomic mass is 79.9. The van der Waals surface area contributed by atoms with Crippen LogP contribution in [0.25, 0.3) is 11.1 Å². The maximum absolute atomic E-state index is 12.6. The first-order valence-corrected chi connectivity index (χ1v) is 9.19. The van der Waals surface area contributed by atoms with Gasteiger partial charge in [0.2, 0.25) is 5.78 Å². The van der Waals surface area contributed by atoms with E-state index in [4.69, 9.17) is 0 Å². The summed E-state index contributed by atoms with van der Waals surface area (Å²) < 4.78 is 1.04. The van der Waals surface area contributed by atoms with Gasteiger partial charge in [0, 0.05) is 18.0 Å². The zero-order chi connectivity index (χ0) is 18.8. The summed E-state index contributed by atoms with van der Waals surface area (Å²) in [5.74, 6) is -0.131. The van der Waals surface area contributed by atoms with E-state index in [1.807, 2.05) is 0 Å². The monoisotopic (exact) mass is 483 g/mol. The number of halogens is 2. The molecule has 2 aromatic heterocycles. The van der Waals surface area contributed by atoms with Crippen LogP contribution in [0.4, 0.5) is 0 Å². The van der Waals surface area contributed by atoms with Crippen molar-refractivity contribution in [1.29, 1.82) is 0 Å². The number of rotatable bonds is 6. The quantitative estimate of drug-likeness (QED) is 0.344. The van der Waals surface area contributed by atoms with Crippen molar-refractivity contribution in [3.8, 4) is 11.1 Å². The van der Waals surface area contributed by atoms with Crippen molar-refractivity contribution in [2.24, 2.45) is 0 Å². The standard InChI is InChI=1S/C17H15Br2N3O4/c18-13-12(9-2-1-8(5-23)10(6-24)11(9)7-25)16(19)22-14(13)15(26)17-20-3-4-21-17/h1-4,22-25H,5-7H2,(H,20,21). The minimum atomic E-state index is -0.329. The summed E-state index contributed by atoms with van der Waals surface area (Å²) >= 11 is 6.87. The Morgan fingerprint density at radius 1 is 1.08 bits per heavy atom. The molecule has 5 N–H and O–H groups in total. The molecule has 0 amide bonds. The van der Waals surface area contributed by atoms with Crippen molar-refractivity contribution in [3.63, 3.8) is 0 Å². The van der Waals surface area contributed by atoms with Gasteiger partial charge in [0.1, 0.15) is 5.69 Å². The average molecular weight is 485 g/mol. The third-order valence-corrected chi connectivity index (χ3v) is 5.51. The molecule has 7 nitrogen and oxygen atoms in total. The third-order valence-electron chi connectivity index (χ3n) is 4.12. The molecule has 1 aromatic carbocycles. The van der Waals surface area contributed by atoms with E-state index in [2.05, 4.69) is 46.8 Å². The van der Waals surface area contributed by atoms with Gasteiger partial charge in [0.05, 0.1) is 28.9 Å². The molecule has 0 saturated carbocycles. The van der Waals surface area contributed by atoms with Crippen molar-refractivity contribution < 1.29 is 20.1 Å². The molecule has 0 aliphatic rings. The van der Waals surface area contributed by atoms with Crippen LogP contribution in [0.2, 0.25) is 0 Å². The number of hydrogen-bond acceptors (Lipinski definition) is 5. The molecule has 0 unspecified atom stereocenters. The highest BCUT2D eigenvalue weighted by molar-refractivity contribution is 9.11. The number of imidazole rings is 1. The van der Waals surface area contributed by atoms with Crippen LogP contribution >= 0.6 is 31.9 Å². The van der Waals surface area contributed by atoms with E-state index in [-0.39, 0.29) is 31.4 Å². The molecule has 3 aromatic rings. The highest BCUT2D eigenvalue weighted by Gasteiger charge is 2.25. The lowest BCUT2D eigenvalue weighted by Crippen LogP contribution is -2.05. The van der Waals surface area contributed by atoms with Crippen LogP contribution in [0.3, 0.4) is 0 Å². The number of carbonyl (C=O) groups excluding carboxylic acids is 1. The lowest BCUT2D eigenvalue weighted by atomic mass is 9.93. The van der Waals surface area contributed by atoms with Crippen molar-refractivity contribution in [2.75, 3.05) is 0 Å². The van der Waals surface area contributed by atoms with Gasteiger partial charge in [-0.2, -0.15) is 0 Å². The van der Waals surface area contributed by atoms with Crippen molar-refractivity contribution in [3.05, 3.63) is 61.8 Å². The smallest absolute Gasteiger partial charge is 0.245 e. The number of hydrogen-bond donors (Lipinski definition) is 5. The van der Waals surface area contributed by atoms with E-state index in [9.17, 15) is 20.1 Å². The molecule has 2 heterocycles. The Balaban J connectivity index is 2.18. The fourth-order valence-corrected chi connectivity index (χ4v) is 4.42. The molecule has 136 valence electrons. The topological polar surface area (TPSA) is 122 Å². The number of carbonyl (C=O) groups is 1. The predicted molar refractivity (Wildman–Crippen MR) is 101 cm³/mol. The second-order valence-electron chi connectivity index (χ2n) is 5.47. The van der Waals surface area contributed by atoms with Crippen LogP contribution in [0, 0.1) is 0 Å². The van der Waals surface area contributed by atoms with E-state index in [0.717, 1.165) is 0 Å². The predicted octanol–water partition coefficient (Wildman–Crippen LogP) is 2.64. The van der Waals surface area contributed by atoms with Crippen molar-refractivity contribution >= 4 is 37.6 Å². The van der Waals surface area contributed by atoms with E-state index < -0.39 is 0 Å². The van der Waals surface area contributed by atoms with E-state index in [1.54, 1.807) is 18.3 Å². The Morgan fingerprint density at radius 3 is 2.38 bits per heavy atom. The lowest BCUT2D eigenvalue weighted by Gasteiger charge is -2.15. The SMILES string of the molecule is O=C(c1ncc[nH]1)c1[nH]c(Br)c(-c2ccc(CO)c(CO)c2CO)c1Br. The first kappa shape index (κ1) is 19.0. The molecule has 0 atom stereocenters. The molecule has 0 radical (unpaired) electrons. The van der Waals surface area contributed by atoms with Crippen LogP contribution in [0.1, 0.15) is 33.0 Å². The Bertz CT molecular complexity index is 952. The fourth-order valence-electron chi connectivity index (χ4n) is 2.85. The molecule has 0 saturated heterocycles. The van der Waals surface area contributed by atoms with Crippen LogP contribution in [0.15, 0.2) is 33.6 Å². The number of aromatic nitrogens is 3. The fraction of sp³-hybridized carbons (Fsp3) is 0.176. The van der Waals surface area contributed by atoms with Gasteiger partial charge in [-0.05, 0) is 54.1 Å². The van der Waals surface area contributed by atoms with Crippen LogP contribution < -0.4 is 0 Å². The highest BCUT2D eigenvalue weighted by Crippen LogP contribution is 2.41. The van der Waals surface area contributed by atoms with Gasteiger partial charge < -0.3 is 25.3 Å². The van der Waals surface area contributed by atoms with Crippen molar-refractivity contribution in [2.45, 2.75) is 19.8 Å².